The number of halogens is 1. The Morgan fingerprint density at radius 2 is 1.79 bits per heavy atom. The number of amides is 1. The highest BCUT2D eigenvalue weighted by atomic mass is 35.5. The van der Waals surface area contributed by atoms with Crippen LogP contribution >= 0.6 is 11.6 Å². The molecule has 126 valence electrons. The van der Waals surface area contributed by atoms with Gasteiger partial charge in [0.15, 0.2) is 0 Å². The quantitative estimate of drug-likeness (QED) is 0.910. The van der Waals surface area contributed by atoms with Crippen molar-refractivity contribution < 1.29 is 13.2 Å². The van der Waals surface area contributed by atoms with Gasteiger partial charge in [0.25, 0.3) is 0 Å². The van der Waals surface area contributed by atoms with Crippen LogP contribution in [0.2, 0.25) is 5.02 Å². The first-order valence-corrected chi connectivity index (χ1v) is 9.34. The number of nitrogens with zero attached hydrogens (tertiary/aromatic N) is 1. The van der Waals surface area contributed by atoms with Gasteiger partial charge in [-0.2, -0.15) is 4.31 Å². The molecule has 1 aliphatic rings. The third-order valence-corrected chi connectivity index (χ3v) is 6.22. The fourth-order valence-corrected chi connectivity index (χ4v) is 4.55. The van der Waals surface area contributed by atoms with E-state index < -0.39 is 16.1 Å². The molecule has 1 amide bonds. The molecular formula is C17H17ClN2O3S. The lowest BCUT2D eigenvalue weighted by molar-refractivity contribution is -0.126. The summed E-state index contributed by atoms with van der Waals surface area (Å²) in [6, 6.07) is 12.4. The van der Waals surface area contributed by atoms with Gasteiger partial charge in [-0.1, -0.05) is 47.5 Å². The maximum absolute atomic E-state index is 13.0. The molecule has 0 aliphatic carbocycles. The van der Waals surface area contributed by atoms with Crippen molar-refractivity contribution in [3.8, 4) is 0 Å². The number of piperazine rings is 1. The van der Waals surface area contributed by atoms with Crippen molar-refractivity contribution in [2.24, 2.45) is 0 Å². The molecule has 1 N–H and O–H groups in total. The van der Waals surface area contributed by atoms with Crippen LogP contribution in [-0.4, -0.2) is 31.7 Å². The molecule has 2 aromatic rings. The first-order chi connectivity index (χ1) is 11.4. The second-order valence-electron chi connectivity index (χ2n) is 5.64. The van der Waals surface area contributed by atoms with Crippen LogP contribution < -0.4 is 5.32 Å². The van der Waals surface area contributed by atoms with Gasteiger partial charge in [-0.05, 0) is 30.7 Å². The van der Waals surface area contributed by atoms with Gasteiger partial charge in [-0.15, -0.1) is 0 Å². The normalized spacial score (nSPS) is 19.1. The van der Waals surface area contributed by atoms with Gasteiger partial charge in [0.05, 0.1) is 4.90 Å². The highest BCUT2D eigenvalue weighted by Gasteiger charge is 2.40. The standard InChI is InChI=1S/C17H17ClN2O3S/c1-12-6-8-13(9-7-12)24(22,23)20-11-10-19-17(21)16(20)14-4-2-3-5-15(14)18/h2-9,16H,10-11H2,1H3,(H,19,21). The first-order valence-electron chi connectivity index (χ1n) is 7.52. The summed E-state index contributed by atoms with van der Waals surface area (Å²) >= 11 is 6.20. The average molecular weight is 365 g/mol. The maximum Gasteiger partial charge on any atom is 0.244 e. The van der Waals surface area contributed by atoms with Gasteiger partial charge in [-0.25, -0.2) is 8.42 Å². The van der Waals surface area contributed by atoms with Crippen molar-refractivity contribution in [3.63, 3.8) is 0 Å². The summed E-state index contributed by atoms with van der Waals surface area (Å²) < 4.78 is 27.3. The van der Waals surface area contributed by atoms with Crippen LogP contribution in [0.1, 0.15) is 17.2 Å². The lowest BCUT2D eigenvalue weighted by Crippen LogP contribution is -2.52. The van der Waals surface area contributed by atoms with E-state index in [-0.39, 0.29) is 23.9 Å². The highest BCUT2D eigenvalue weighted by molar-refractivity contribution is 7.89. The van der Waals surface area contributed by atoms with E-state index in [0.717, 1.165) is 5.56 Å². The zero-order chi connectivity index (χ0) is 17.3. The summed E-state index contributed by atoms with van der Waals surface area (Å²) in [5.74, 6) is -0.370. The van der Waals surface area contributed by atoms with E-state index in [1.165, 1.54) is 4.31 Å². The van der Waals surface area contributed by atoms with Gasteiger partial charge >= 0.3 is 0 Å². The molecule has 0 radical (unpaired) electrons. The Morgan fingerprint density at radius 1 is 1.12 bits per heavy atom. The van der Waals surface area contributed by atoms with Crippen LogP contribution in [0.4, 0.5) is 0 Å². The third kappa shape index (κ3) is 3.05. The molecule has 5 nitrogen and oxygen atoms in total. The highest BCUT2D eigenvalue weighted by Crippen LogP contribution is 2.33. The van der Waals surface area contributed by atoms with E-state index in [4.69, 9.17) is 11.6 Å². The van der Waals surface area contributed by atoms with Gasteiger partial charge in [-0.3, -0.25) is 4.79 Å². The molecule has 1 fully saturated rings. The van der Waals surface area contributed by atoms with Gasteiger partial charge in [0.2, 0.25) is 15.9 Å². The lowest BCUT2D eigenvalue weighted by atomic mass is 10.0. The molecule has 0 spiro atoms. The van der Waals surface area contributed by atoms with Gasteiger partial charge < -0.3 is 5.32 Å². The Labute approximate surface area is 146 Å². The van der Waals surface area contributed by atoms with E-state index in [0.29, 0.717) is 10.6 Å². The lowest BCUT2D eigenvalue weighted by Gasteiger charge is -2.34. The summed E-state index contributed by atoms with van der Waals surface area (Å²) in [6.07, 6.45) is 0. The Balaban J connectivity index is 2.08. The number of benzene rings is 2. The molecule has 1 atom stereocenters. The number of sulfonamides is 1. The second-order valence-corrected chi connectivity index (χ2v) is 7.94. The molecule has 0 aromatic heterocycles. The minimum atomic E-state index is -3.81. The number of carbonyl (C=O) groups excluding carboxylic acids is 1. The van der Waals surface area contributed by atoms with Crippen molar-refractivity contribution in [1.82, 2.24) is 9.62 Å². The Morgan fingerprint density at radius 3 is 2.46 bits per heavy atom. The summed E-state index contributed by atoms with van der Waals surface area (Å²) in [4.78, 5) is 12.6. The van der Waals surface area contributed by atoms with Crippen LogP contribution in [-0.2, 0) is 14.8 Å². The van der Waals surface area contributed by atoms with Crippen molar-refractivity contribution >= 4 is 27.5 Å². The summed E-state index contributed by atoms with van der Waals surface area (Å²) in [5.41, 5.74) is 1.44. The van der Waals surface area contributed by atoms with Crippen LogP contribution in [0.15, 0.2) is 53.4 Å². The van der Waals surface area contributed by atoms with E-state index in [2.05, 4.69) is 5.32 Å². The molecule has 1 heterocycles. The van der Waals surface area contributed by atoms with Crippen LogP contribution in [0, 0.1) is 6.92 Å². The fourth-order valence-electron chi connectivity index (χ4n) is 2.74. The summed E-state index contributed by atoms with van der Waals surface area (Å²) in [6.45, 7) is 2.35. The predicted octanol–water partition coefficient (Wildman–Crippen LogP) is 2.51. The zero-order valence-corrected chi connectivity index (χ0v) is 14.6. The largest absolute Gasteiger partial charge is 0.353 e. The summed E-state index contributed by atoms with van der Waals surface area (Å²) in [7, 11) is -3.81. The zero-order valence-electron chi connectivity index (χ0n) is 13.1. The first kappa shape index (κ1) is 17.0. The molecular weight excluding hydrogens is 348 g/mol. The number of rotatable bonds is 3. The SMILES string of the molecule is Cc1ccc(S(=O)(=O)N2CCNC(=O)C2c2ccccc2Cl)cc1. The number of nitrogens with one attached hydrogen (secondary N) is 1. The topological polar surface area (TPSA) is 66.5 Å². The minimum Gasteiger partial charge on any atom is -0.353 e. The van der Waals surface area contributed by atoms with Crippen molar-refractivity contribution in [2.75, 3.05) is 13.1 Å². The van der Waals surface area contributed by atoms with E-state index in [9.17, 15) is 13.2 Å². The number of aryl methyl sites for hydroxylation is 1. The van der Waals surface area contributed by atoms with Crippen LogP contribution in [0.25, 0.3) is 0 Å². The molecule has 0 saturated carbocycles. The molecule has 1 saturated heterocycles. The Kier molecular flexibility index (Phi) is 4.62. The molecule has 7 heteroatoms. The number of carbonyl (C=O) groups is 1. The minimum absolute atomic E-state index is 0.167. The molecule has 3 rings (SSSR count). The van der Waals surface area contributed by atoms with Crippen molar-refractivity contribution in [2.45, 2.75) is 17.9 Å². The van der Waals surface area contributed by atoms with Gasteiger partial charge in [0.1, 0.15) is 6.04 Å². The molecule has 1 unspecified atom stereocenters. The van der Waals surface area contributed by atoms with Crippen LogP contribution in [0.3, 0.4) is 0 Å². The maximum atomic E-state index is 13.0. The predicted molar refractivity (Wildman–Crippen MR) is 92.3 cm³/mol. The van der Waals surface area contributed by atoms with Gasteiger partial charge in [0, 0.05) is 18.1 Å². The van der Waals surface area contributed by atoms with Crippen molar-refractivity contribution in [1.29, 1.82) is 0 Å². The van der Waals surface area contributed by atoms with E-state index >= 15 is 0 Å². The molecule has 1 aliphatic heterocycles. The molecule has 24 heavy (non-hydrogen) atoms. The molecule has 0 bridgehead atoms. The second kappa shape index (κ2) is 6.55. The average Bonchev–Trinajstić information content (AvgIpc) is 2.56. The molecule has 2 aromatic carbocycles. The van der Waals surface area contributed by atoms with Crippen LogP contribution in [0.5, 0.6) is 0 Å². The Hall–Kier alpha value is -1.89. The Bertz CT molecular complexity index is 866. The third-order valence-electron chi connectivity index (χ3n) is 4.00. The summed E-state index contributed by atoms with van der Waals surface area (Å²) in [5, 5.41) is 3.08. The van der Waals surface area contributed by atoms with E-state index in [1.54, 1.807) is 48.5 Å². The smallest absolute Gasteiger partial charge is 0.244 e. The number of hydrogen-bond donors (Lipinski definition) is 1. The number of hydrogen-bond acceptors (Lipinski definition) is 3. The fraction of sp³-hybridized carbons (Fsp3) is 0.235. The monoisotopic (exact) mass is 364 g/mol. The van der Waals surface area contributed by atoms with Crippen molar-refractivity contribution in [3.05, 3.63) is 64.7 Å². The van der Waals surface area contributed by atoms with E-state index in [1.807, 2.05) is 6.92 Å².